The zero-order valence-corrected chi connectivity index (χ0v) is 14.1. The van der Waals surface area contributed by atoms with Gasteiger partial charge in [0.1, 0.15) is 0 Å². The summed E-state index contributed by atoms with van der Waals surface area (Å²) in [4.78, 5) is 2.68. The predicted molar refractivity (Wildman–Crippen MR) is 98.3 cm³/mol. The molecule has 2 aliphatic heterocycles. The molecule has 1 fully saturated rings. The van der Waals surface area contributed by atoms with Crippen molar-refractivity contribution in [1.29, 1.82) is 0 Å². The van der Waals surface area contributed by atoms with Gasteiger partial charge in [-0.15, -0.1) is 6.58 Å². The highest BCUT2D eigenvalue weighted by Crippen LogP contribution is 2.49. The van der Waals surface area contributed by atoms with E-state index in [0.717, 1.165) is 13.0 Å². The molecular weight excluding hydrogens is 300 g/mol. The fourth-order valence-corrected chi connectivity index (χ4v) is 4.69. The van der Waals surface area contributed by atoms with Crippen molar-refractivity contribution >= 4 is 23.1 Å². The van der Waals surface area contributed by atoms with Crippen LogP contribution in [0.5, 0.6) is 0 Å². The molecule has 23 heavy (non-hydrogen) atoms. The zero-order chi connectivity index (χ0) is 15.6. The van der Waals surface area contributed by atoms with E-state index in [1.54, 1.807) is 0 Å². The maximum absolute atomic E-state index is 3.97. The molecular formula is C20H22N2S. The number of rotatable bonds is 3. The number of anilines is 2. The van der Waals surface area contributed by atoms with Gasteiger partial charge in [-0.05, 0) is 43.5 Å². The van der Waals surface area contributed by atoms with Crippen LogP contribution in [0, 0.1) is 0 Å². The van der Waals surface area contributed by atoms with Gasteiger partial charge in [0.05, 0.1) is 11.4 Å². The second kappa shape index (κ2) is 6.42. The van der Waals surface area contributed by atoms with Gasteiger partial charge in [0.2, 0.25) is 0 Å². The van der Waals surface area contributed by atoms with Gasteiger partial charge in [-0.3, -0.25) is 5.01 Å². The summed E-state index contributed by atoms with van der Waals surface area (Å²) >= 11 is 1.88. The second-order valence-electron chi connectivity index (χ2n) is 6.19. The summed E-state index contributed by atoms with van der Waals surface area (Å²) in [5.41, 5.74) is 2.62. The molecule has 0 amide bonds. The topological polar surface area (TPSA) is 6.48 Å². The van der Waals surface area contributed by atoms with Crippen LogP contribution in [0.2, 0.25) is 0 Å². The molecule has 0 bridgehead atoms. The molecule has 1 atom stereocenters. The minimum atomic E-state index is 0.547. The SMILES string of the molecule is C=CCC1CCCCN1N1c2ccccc2Sc2ccccc21. The highest BCUT2D eigenvalue weighted by molar-refractivity contribution is 7.99. The normalized spacial score (nSPS) is 20.7. The summed E-state index contributed by atoms with van der Waals surface area (Å²) in [6, 6.07) is 18.1. The minimum Gasteiger partial charge on any atom is -0.272 e. The third-order valence-electron chi connectivity index (χ3n) is 4.70. The molecule has 0 aromatic heterocycles. The van der Waals surface area contributed by atoms with Crippen molar-refractivity contribution in [3.05, 3.63) is 61.2 Å². The van der Waals surface area contributed by atoms with E-state index in [1.165, 1.54) is 40.4 Å². The Bertz CT molecular complexity index is 667. The number of hydrogen-bond donors (Lipinski definition) is 0. The first-order valence-electron chi connectivity index (χ1n) is 8.42. The summed E-state index contributed by atoms with van der Waals surface area (Å²) in [6.07, 6.45) is 6.95. The van der Waals surface area contributed by atoms with E-state index in [1.807, 2.05) is 11.8 Å². The molecule has 3 heteroatoms. The standard InChI is InChI=1S/C20H22N2S/c1-2-9-16-10-7-8-15-21(16)22-17-11-3-5-13-19(17)23-20-14-6-4-12-18(20)22/h2-6,11-14,16H,1,7-10,15H2. The number of para-hydroxylation sites is 2. The number of benzene rings is 2. The van der Waals surface area contributed by atoms with Crippen molar-refractivity contribution in [2.75, 3.05) is 11.6 Å². The highest BCUT2D eigenvalue weighted by atomic mass is 32.2. The first kappa shape index (κ1) is 14.9. The number of fused-ring (bicyclic) bond motifs is 2. The Morgan fingerprint density at radius 1 is 1.00 bits per heavy atom. The molecule has 2 nitrogen and oxygen atoms in total. The van der Waals surface area contributed by atoms with Gasteiger partial charge in [0, 0.05) is 22.4 Å². The fourth-order valence-electron chi connectivity index (χ4n) is 3.64. The molecule has 1 unspecified atom stereocenters. The van der Waals surface area contributed by atoms with Crippen LogP contribution < -0.4 is 5.01 Å². The molecule has 0 aliphatic carbocycles. The van der Waals surface area contributed by atoms with Crippen LogP contribution in [0.25, 0.3) is 0 Å². The predicted octanol–water partition coefficient (Wildman–Crippen LogP) is 5.63. The maximum atomic E-state index is 3.97. The monoisotopic (exact) mass is 322 g/mol. The quantitative estimate of drug-likeness (QED) is 0.676. The number of hydrazine groups is 1. The zero-order valence-electron chi connectivity index (χ0n) is 13.3. The average molecular weight is 322 g/mol. The largest absolute Gasteiger partial charge is 0.272 e. The van der Waals surface area contributed by atoms with Gasteiger partial charge in [-0.2, -0.15) is 0 Å². The first-order valence-corrected chi connectivity index (χ1v) is 9.23. The van der Waals surface area contributed by atoms with Crippen molar-refractivity contribution in [2.24, 2.45) is 0 Å². The van der Waals surface area contributed by atoms with E-state index in [0.29, 0.717) is 6.04 Å². The molecule has 1 saturated heterocycles. The Morgan fingerprint density at radius 3 is 2.30 bits per heavy atom. The van der Waals surface area contributed by atoms with Crippen LogP contribution in [0.1, 0.15) is 25.7 Å². The summed E-state index contributed by atoms with van der Waals surface area (Å²) in [5, 5.41) is 5.04. The minimum absolute atomic E-state index is 0.547. The van der Waals surface area contributed by atoms with Crippen LogP contribution in [-0.4, -0.2) is 17.6 Å². The van der Waals surface area contributed by atoms with Crippen molar-refractivity contribution in [3.63, 3.8) is 0 Å². The lowest BCUT2D eigenvalue weighted by atomic mass is 10.0. The van der Waals surface area contributed by atoms with Crippen LogP contribution in [-0.2, 0) is 0 Å². The Labute approximate surface area is 142 Å². The second-order valence-corrected chi connectivity index (χ2v) is 7.27. The summed E-state index contributed by atoms with van der Waals surface area (Å²) < 4.78 is 0. The third-order valence-corrected chi connectivity index (χ3v) is 5.83. The lowest BCUT2D eigenvalue weighted by Gasteiger charge is -2.46. The van der Waals surface area contributed by atoms with E-state index in [-0.39, 0.29) is 0 Å². The van der Waals surface area contributed by atoms with Crippen molar-refractivity contribution < 1.29 is 0 Å². The number of nitrogens with zero attached hydrogens (tertiary/aromatic N) is 2. The molecule has 2 heterocycles. The van der Waals surface area contributed by atoms with E-state index < -0.39 is 0 Å². The highest BCUT2D eigenvalue weighted by Gasteiger charge is 2.32. The average Bonchev–Trinajstić information content (AvgIpc) is 2.61. The third kappa shape index (κ3) is 2.68. The Hall–Kier alpha value is -1.71. The van der Waals surface area contributed by atoms with Gasteiger partial charge in [-0.25, -0.2) is 5.01 Å². The Balaban J connectivity index is 1.81. The van der Waals surface area contributed by atoms with Crippen molar-refractivity contribution in [2.45, 2.75) is 41.5 Å². The van der Waals surface area contributed by atoms with Gasteiger partial charge < -0.3 is 0 Å². The summed E-state index contributed by atoms with van der Waals surface area (Å²) in [6.45, 7) is 5.09. The Kier molecular flexibility index (Phi) is 4.15. The molecule has 2 aliphatic rings. The molecule has 2 aromatic carbocycles. The van der Waals surface area contributed by atoms with E-state index >= 15 is 0 Å². The van der Waals surface area contributed by atoms with Gasteiger partial charge in [0.15, 0.2) is 0 Å². The van der Waals surface area contributed by atoms with E-state index in [2.05, 4.69) is 71.2 Å². The molecule has 4 rings (SSSR count). The fraction of sp³-hybridized carbons (Fsp3) is 0.300. The summed E-state index contributed by atoms with van der Waals surface area (Å²) in [7, 11) is 0. The van der Waals surface area contributed by atoms with Crippen molar-refractivity contribution in [3.8, 4) is 0 Å². The molecule has 0 radical (unpaired) electrons. The molecule has 0 saturated carbocycles. The van der Waals surface area contributed by atoms with Crippen molar-refractivity contribution in [1.82, 2.24) is 5.01 Å². The lowest BCUT2D eigenvalue weighted by Crippen LogP contribution is -2.49. The van der Waals surface area contributed by atoms with Crippen LogP contribution in [0.3, 0.4) is 0 Å². The Morgan fingerprint density at radius 2 is 1.65 bits per heavy atom. The first-order chi connectivity index (χ1) is 11.4. The number of piperidine rings is 1. The van der Waals surface area contributed by atoms with E-state index in [4.69, 9.17) is 0 Å². The lowest BCUT2D eigenvalue weighted by molar-refractivity contribution is 0.149. The summed E-state index contributed by atoms with van der Waals surface area (Å²) in [5.74, 6) is 0. The van der Waals surface area contributed by atoms with Gasteiger partial charge in [-0.1, -0.05) is 48.5 Å². The molecule has 0 spiro atoms. The van der Waals surface area contributed by atoms with Crippen LogP contribution in [0.4, 0.5) is 11.4 Å². The van der Waals surface area contributed by atoms with Crippen LogP contribution in [0.15, 0.2) is 71.0 Å². The molecule has 2 aromatic rings. The van der Waals surface area contributed by atoms with Crippen LogP contribution >= 0.6 is 11.8 Å². The molecule has 0 N–H and O–H groups in total. The smallest absolute Gasteiger partial charge is 0.0720 e. The van der Waals surface area contributed by atoms with Gasteiger partial charge >= 0.3 is 0 Å². The van der Waals surface area contributed by atoms with Gasteiger partial charge in [0.25, 0.3) is 0 Å². The van der Waals surface area contributed by atoms with E-state index in [9.17, 15) is 0 Å². The molecule has 118 valence electrons. The number of hydrogen-bond acceptors (Lipinski definition) is 3. The maximum Gasteiger partial charge on any atom is 0.0720 e.